The average Bonchev–Trinajstić information content (AvgIpc) is 1.72. The lowest BCUT2D eigenvalue weighted by molar-refractivity contribution is -0.144. The highest BCUT2D eigenvalue weighted by Gasteiger charge is 2.43. The molecule has 0 aromatic heterocycles. The Kier molecular flexibility index (Phi) is 32.5. The number of amides is 13. The molecule has 13 amide bonds. The Morgan fingerprint density at radius 3 is 1.66 bits per heavy atom. The maximum atomic E-state index is 15.0. The van der Waals surface area contributed by atoms with Crippen molar-refractivity contribution < 1.29 is 62.3 Å². The third-order valence-electron chi connectivity index (χ3n) is 17.3. The summed E-state index contributed by atoms with van der Waals surface area (Å²) in [5.74, 6) is -10.3. The molecule has 2 saturated heterocycles. The minimum Gasteiger partial charge on any atom is -0.370 e. The van der Waals surface area contributed by atoms with Crippen molar-refractivity contribution in [3.8, 4) is 0 Å². The van der Waals surface area contributed by atoms with E-state index < -0.39 is 175 Å². The van der Waals surface area contributed by atoms with Crippen LogP contribution in [0.5, 0.6) is 0 Å². The van der Waals surface area contributed by atoms with E-state index in [1.807, 2.05) is 44.4 Å². The fourth-order valence-corrected chi connectivity index (χ4v) is 12.6. The van der Waals surface area contributed by atoms with E-state index in [4.69, 9.17) is 40.1 Å². The summed E-state index contributed by atoms with van der Waals surface area (Å²) in [6.45, 7) is 3.89. The lowest BCUT2D eigenvalue weighted by Gasteiger charge is -2.32. The smallest absolute Gasteiger partial charge is 0.245 e. The Bertz CT molecular complexity index is 3080. The number of thioether (sulfide) groups is 1. The van der Waals surface area contributed by atoms with E-state index in [-0.39, 0.29) is 89.4 Å². The number of likely N-dealkylation sites (tertiary alicyclic amines) is 2. The van der Waals surface area contributed by atoms with Gasteiger partial charge in [0.1, 0.15) is 54.4 Å². The number of benzene rings is 2. The van der Waals surface area contributed by atoms with Crippen molar-refractivity contribution in [3.05, 3.63) is 71.3 Å². The summed E-state index contributed by atoms with van der Waals surface area (Å²) < 4.78 is 0. The van der Waals surface area contributed by atoms with Crippen molar-refractivity contribution in [1.29, 1.82) is 0 Å². The first-order valence-corrected chi connectivity index (χ1v) is 34.6. The molecule has 2 aliphatic heterocycles. The monoisotopic (exact) mass is 1370 g/mol. The van der Waals surface area contributed by atoms with Gasteiger partial charge in [0, 0.05) is 38.9 Å². The Balaban J connectivity index is 1.36. The number of primary amides is 3. The number of aliphatic imine (C=N–C) groups is 1. The zero-order chi connectivity index (χ0) is 71.3. The SMILES string of the molecule is CSCC[C@H](NC(=O)[C@H](CC(C)C)NC(=O)CNC(=O)[C@H](Cc1ccccc1)NC(=O)[C@H](NC(=O)[C@H](CCC(N)=O)NC(=O)[C@H](CCC(N)=O)NC(=O)[C@@H]1CCCN1C(=O)[C@H](CCCCN)NC(=O)[C@@H]1CCCN1C(=O)[C@@H](N)CCCN=C(N)N)C1Cc2ccccc2C1)C(N)=O. The number of guanidine groups is 1. The summed E-state index contributed by atoms with van der Waals surface area (Å²) in [5, 5.41) is 21.5. The first kappa shape index (κ1) is 78.8. The fraction of sp³-hybridized carbons (Fsp3) is 0.600. The molecule has 32 heteroatoms. The summed E-state index contributed by atoms with van der Waals surface area (Å²) >= 11 is 1.46. The van der Waals surface area contributed by atoms with Crippen LogP contribution in [0.15, 0.2) is 59.6 Å². The maximum absolute atomic E-state index is 15.0. The van der Waals surface area contributed by atoms with E-state index in [9.17, 15) is 57.5 Å². The normalized spacial score (nSPS) is 17.5. The minimum atomic E-state index is -1.63. The van der Waals surface area contributed by atoms with Crippen LogP contribution >= 0.6 is 11.8 Å². The molecular weight excluding hydrogens is 1270 g/mol. The first-order valence-electron chi connectivity index (χ1n) is 33.2. The summed E-state index contributed by atoms with van der Waals surface area (Å²) in [4.78, 5) is 186. The first-order chi connectivity index (χ1) is 46.2. The van der Waals surface area contributed by atoms with Gasteiger partial charge in [0.25, 0.3) is 0 Å². The summed E-state index contributed by atoms with van der Waals surface area (Å²) in [6.07, 6.45) is 3.93. The van der Waals surface area contributed by atoms with Gasteiger partial charge in [0.05, 0.1) is 12.6 Å². The number of hydrogen-bond donors (Lipinski definition) is 15. The second-order valence-corrected chi connectivity index (χ2v) is 26.3. The molecule has 0 unspecified atom stereocenters. The van der Waals surface area contributed by atoms with Crippen molar-refractivity contribution in [1.82, 2.24) is 52.3 Å². The van der Waals surface area contributed by atoms with Gasteiger partial charge in [-0.25, -0.2) is 0 Å². The second kappa shape index (κ2) is 40.0. The van der Waals surface area contributed by atoms with Gasteiger partial charge in [-0.15, -0.1) is 0 Å². The van der Waals surface area contributed by atoms with E-state index in [0.717, 1.165) is 11.1 Å². The summed E-state index contributed by atoms with van der Waals surface area (Å²) in [7, 11) is 0. The molecule has 2 aromatic carbocycles. The highest BCUT2D eigenvalue weighted by molar-refractivity contribution is 7.98. The number of nitrogens with zero attached hydrogens (tertiary/aromatic N) is 3. The Labute approximate surface area is 569 Å². The molecule has 5 rings (SSSR count). The van der Waals surface area contributed by atoms with E-state index in [2.05, 4.69) is 47.5 Å². The Morgan fingerprint density at radius 1 is 0.567 bits per heavy atom. The van der Waals surface area contributed by atoms with E-state index in [1.165, 1.54) is 21.6 Å². The molecule has 2 heterocycles. The fourth-order valence-electron chi connectivity index (χ4n) is 12.2. The van der Waals surface area contributed by atoms with Gasteiger partial charge in [-0.3, -0.25) is 67.3 Å². The molecule has 0 radical (unpaired) electrons. The van der Waals surface area contributed by atoms with Crippen molar-refractivity contribution in [3.63, 3.8) is 0 Å². The van der Waals surface area contributed by atoms with Gasteiger partial charge in [0.15, 0.2) is 5.96 Å². The zero-order valence-electron chi connectivity index (χ0n) is 55.7. The van der Waals surface area contributed by atoms with Crippen LogP contribution in [-0.2, 0) is 81.6 Å². The molecule has 10 atom stereocenters. The van der Waals surface area contributed by atoms with Crippen LogP contribution in [0.4, 0.5) is 0 Å². The molecule has 534 valence electrons. The molecule has 2 aromatic rings. The standard InChI is InChI=1S/C65H100N18O13S/c1-37(2)32-47(59(91)76-43(55(70)87)26-31-97-3)75-53(86)36-74-56(88)48(33-38-14-5-4-6-15-38)80-62(94)54(41-34-39-16-7-8-17-40(39)35-41)81-58(90)45(23-25-52(69)85)77-57(89)44(22-24-51(68)84)78-60(92)50-21-13-30-83(50)64(96)46(19-9-10-27-66)79-61(93)49-20-12-29-82(49)63(95)42(67)18-11-28-73-65(71)72/h4-8,14-17,37,41-50,54H,9-13,18-36,66-67H2,1-3H3,(H2,68,84)(H2,69,85)(H2,70,87)(H,74,88)(H,75,86)(H,76,91)(H,77,89)(H,78,92)(H,79,93)(H,80,94)(H,81,90)(H4,71,72,73)/t42-,43-,44-,45-,46-,47-,48-,49-,50-,54+/m0/s1. The number of fused-ring (bicyclic) bond motifs is 1. The predicted octanol–water partition coefficient (Wildman–Crippen LogP) is -3.54. The van der Waals surface area contributed by atoms with Crippen LogP contribution in [0.3, 0.4) is 0 Å². The van der Waals surface area contributed by atoms with Gasteiger partial charge in [-0.05, 0) is 143 Å². The summed E-state index contributed by atoms with van der Waals surface area (Å²) in [5.41, 5.74) is 42.0. The van der Waals surface area contributed by atoms with E-state index >= 15 is 4.79 Å². The van der Waals surface area contributed by atoms with Crippen LogP contribution < -0.4 is 82.7 Å². The third-order valence-corrected chi connectivity index (χ3v) is 17.9. The number of hydrogen-bond acceptors (Lipinski definition) is 17. The van der Waals surface area contributed by atoms with Gasteiger partial charge in [-0.2, -0.15) is 11.8 Å². The van der Waals surface area contributed by atoms with Crippen LogP contribution in [0.25, 0.3) is 0 Å². The van der Waals surface area contributed by atoms with Gasteiger partial charge < -0.3 is 92.5 Å². The molecule has 97 heavy (non-hydrogen) atoms. The van der Waals surface area contributed by atoms with Gasteiger partial charge in [0.2, 0.25) is 76.8 Å². The molecule has 0 saturated carbocycles. The molecule has 3 aliphatic rings. The lowest BCUT2D eigenvalue weighted by Crippen LogP contribution is -2.61. The molecule has 0 bridgehead atoms. The molecule has 31 nitrogen and oxygen atoms in total. The minimum absolute atomic E-state index is 0.0767. The zero-order valence-corrected chi connectivity index (χ0v) is 56.5. The molecular formula is C65H100N18O13S. The van der Waals surface area contributed by atoms with Crippen molar-refractivity contribution >= 4 is 94.5 Å². The highest BCUT2D eigenvalue weighted by Crippen LogP contribution is 2.30. The van der Waals surface area contributed by atoms with Crippen LogP contribution in [0.2, 0.25) is 0 Å². The summed E-state index contributed by atoms with van der Waals surface area (Å²) in [6, 6.07) is 3.61. The topological polar surface area (TPSA) is 519 Å². The van der Waals surface area contributed by atoms with Gasteiger partial charge >= 0.3 is 0 Å². The Morgan fingerprint density at radius 2 is 1.10 bits per heavy atom. The van der Waals surface area contributed by atoms with Crippen LogP contribution in [0.1, 0.15) is 127 Å². The molecule has 2 fully saturated rings. The number of nitrogens with one attached hydrogen (secondary N) is 8. The predicted molar refractivity (Wildman–Crippen MR) is 363 cm³/mol. The number of unbranched alkanes of at least 4 members (excludes halogenated alkanes) is 1. The number of rotatable bonds is 41. The average molecular weight is 1370 g/mol. The van der Waals surface area contributed by atoms with Crippen LogP contribution in [-0.4, -0.2) is 198 Å². The Hall–Kier alpha value is -8.91. The molecule has 0 spiro atoms. The lowest BCUT2D eigenvalue weighted by atomic mass is 9.94. The van der Waals surface area contributed by atoms with Crippen molar-refractivity contribution in [2.75, 3.05) is 44.7 Å². The maximum Gasteiger partial charge on any atom is 0.245 e. The van der Waals surface area contributed by atoms with Crippen LogP contribution in [0, 0.1) is 11.8 Å². The third kappa shape index (κ3) is 25.6. The van der Waals surface area contributed by atoms with Crippen molar-refractivity contribution in [2.24, 2.45) is 57.0 Å². The van der Waals surface area contributed by atoms with E-state index in [1.54, 1.807) is 30.3 Å². The molecule has 22 N–H and O–H groups in total. The second-order valence-electron chi connectivity index (χ2n) is 25.3. The van der Waals surface area contributed by atoms with Crippen molar-refractivity contribution in [2.45, 2.75) is 190 Å². The van der Waals surface area contributed by atoms with E-state index in [0.29, 0.717) is 49.8 Å². The number of carbonyl (C=O) groups excluding carboxylic acids is 13. The van der Waals surface area contributed by atoms with Gasteiger partial charge in [-0.1, -0.05) is 68.4 Å². The largest absolute Gasteiger partial charge is 0.370 e. The quantitative estimate of drug-likeness (QED) is 0.0174. The highest BCUT2D eigenvalue weighted by atomic mass is 32.2. The number of carbonyl (C=O) groups is 13. The number of nitrogens with two attached hydrogens (primary N) is 7. The molecule has 1 aliphatic carbocycles.